The van der Waals surface area contributed by atoms with Crippen LogP contribution in [-0.4, -0.2) is 99.7 Å². The molecule has 224 valence electrons. The van der Waals surface area contributed by atoms with Crippen LogP contribution in [0, 0.1) is 11.6 Å². The van der Waals surface area contributed by atoms with Crippen molar-refractivity contribution in [2.45, 2.75) is 80.8 Å². The zero-order valence-corrected chi connectivity index (χ0v) is 21.9. The lowest BCUT2D eigenvalue weighted by atomic mass is 9.97. The molecule has 3 aliphatic heterocycles. The van der Waals surface area contributed by atoms with Crippen molar-refractivity contribution in [2.24, 2.45) is 0 Å². The predicted octanol–water partition coefficient (Wildman–Crippen LogP) is 0.280. The van der Waals surface area contributed by atoms with Gasteiger partial charge in [-0.05, 0) is 73.2 Å². The Morgan fingerprint density at radius 3 is 2.10 bits per heavy atom. The van der Waals surface area contributed by atoms with Crippen LogP contribution in [0.5, 0.6) is 11.5 Å². The highest BCUT2D eigenvalue weighted by molar-refractivity contribution is 5.73. The van der Waals surface area contributed by atoms with Crippen molar-refractivity contribution in [1.29, 1.82) is 0 Å². The number of rotatable bonds is 9. The molecule has 0 aromatic heterocycles. The third kappa shape index (κ3) is 6.61. The highest BCUT2D eigenvalue weighted by Crippen LogP contribution is 2.32. The van der Waals surface area contributed by atoms with Crippen LogP contribution in [0.15, 0.2) is 36.4 Å². The molecule has 8 unspecified atom stereocenters. The molecular formula is C28H33F2NO10. The molecule has 0 radical (unpaired) electrons. The number of benzene rings is 2. The van der Waals surface area contributed by atoms with Crippen molar-refractivity contribution in [2.75, 3.05) is 13.1 Å². The fourth-order valence-corrected chi connectivity index (χ4v) is 5.40. The van der Waals surface area contributed by atoms with E-state index in [2.05, 4.69) is 5.32 Å². The van der Waals surface area contributed by atoms with Crippen LogP contribution in [0.25, 0.3) is 0 Å². The second-order valence-electron chi connectivity index (χ2n) is 10.5. The van der Waals surface area contributed by atoms with E-state index in [1.54, 1.807) is 0 Å². The van der Waals surface area contributed by atoms with Crippen LogP contribution in [0.4, 0.5) is 8.78 Å². The number of carboxylic acids is 1. The van der Waals surface area contributed by atoms with E-state index in [-0.39, 0.29) is 18.9 Å². The summed E-state index contributed by atoms with van der Waals surface area (Å²) >= 11 is 0. The van der Waals surface area contributed by atoms with Crippen molar-refractivity contribution in [3.8, 4) is 11.5 Å². The smallest absolute Gasteiger partial charge is 0.335 e. The Labute approximate surface area is 234 Å². The first kappa shape index (κ1) is 29.6. The second-order valence-corrected chi connectivity index (χ2v) is 10.5. The normalized spacial score (nSPS) is 30.7. The summed E-state index contributed by atoms with van der Waals surface area (Å²) in [5.41, 5.74) is 1.39. The summed E-state index contributed by atoms with van der Waals surface area (Å²) in [6.07, 6.45) is -10.2. The molecule has 5 rings (SSSR count). The van der Waals surface area contributed by atoms with E-state index in [9.17, 15) is 39.1 Å². The van der Waals surface area contributed by atoms with Gasteiger partial charge in [0.1, 0.15) is 65.9 Å². The van der Waals surface area contributed by atoms with Crippen LogP contribution in [-0.2, 0) is 27.1 Å². The highest BCUT2D eigenvalue weighted by Gasteiger charge is 2.49. The molecule has 9 atom stereocenters. The molecular weight excluding hydrogens is 548 g/mol. The zero-order valence-electron chi connectivity index (χ0n) is 21.9. The zero-order chi connectivity index (χ0) is 29.3. The van der Waals surface area contributed by atoms with Gasteiger partial charge in [0.05, 0.1) is 0 Å². The number of aryl methyl sites for hydroxylation is 2. The largest absolute Gasteiger partial charge is 0.487 e. The molecule has 2 aromatic carbocycles. The quantitative estimate of drug-likeness (QED) is 0.241. The average molecular weight is 582 g/mol. The Hall–Kier alpha value is -2.91. The molecule has 3 heterocycles. The van der Waals surface area contributed by atoms with Crippen molar-refractivity contribution >= 4 is 5.97 Å². The maximum Gasteiger partial charge on any atom is 0.335 e. The Kier molecular flexibility index (Phi) is 9.04. The van der Waals surface area contributed by atoms with Crippen LogP contribution in [0.1, 0.15) is 24.0 Å². The number of nitrogens with one attached hydrogen (secondary N) is 1. The lowest BCUT2D eigenvalue weighted by Gasteiger charge is -2.41. The number of fused-ring (bicyclic) bond motifs is 2. The lowest BCUT2D eigenvalue weighted by Crippen LogP contribution is -2.62. The molecule has 11 nitrogen and oxygen atoms in total. The molecule has 0 bridgehead atoms. The molecule has 0 saturated carbocycles. The van der Waals surface area contributed by atoms with E-state index in [1.807, 2.05) is 0 Å². The highest BCUT2D eigenvalue weighted by atomic mass is 19.1. The van der Waals surface area contributed by atoms with Gasteiger partial charge < -0.3 is 49.8 Å². The summed E-state index contributed by atoms with van der Waals surface area (Å²) in [5.74, 6) is -1.37. The Morgan fingerprint density at radius 2 is 1.49 bits per heavy atom. The van der Waals surface area contributed by atoms with E-state index >= 15 is 0 Å². The number of halogens is 2. The minimum atomic E-state index is -1.88. The fourth-order valence-electron chi connectivity index (χ4n) is 5.40. The van der Waals surface area contributed by atoms with Crippen molar-refractivity contribution in [3.63, 3.8) is 0 Å². The van der Waals surface area contributed by atoms with Gasteiger partial charge >= 0.3 is 5.97 Å². The molecule has 1 saturated heterocycles. The third-order valence-corrected chi connectivity index (χ3v) is 7.66. The molecule has 3 aliphatic rings. The van der Waals surface area contributed by atoms with Gasteiger partial charge in [-0.2, -0.15) is 0 Å². The van der Waals surface area contributed by atoms with Gasteiger partial charge in [0, 0.05) is 13.1 Å². The standard InChI is InChI=1S/C28H33F2NO10/c29-15-3-7-18-13(9-15)1-5-20(38-18)17(32)11-31-12-22(21-6-2-14-10-16(30)4-8-19(14)39-21)40-28-25(35)23(33)24(34)26(41-28)27(36)37/h3-4,7-10,17,20-26,28,31-35H,1-2,5-6,11-12H2,(H,36,37)/t17?,20?,21?,22?,23?,24?,25?,26?,28-/m1/s1. The molecule has 0 spiro atoms. The summed E-state index contributed by atoms with van der Waals surface area (Å²) < 4.78 is 50.4. The minimum absolute atomic E-state index is 0.0374. The predicted molar refractivity (Wildman–Crippen MR) is 136 cm³/mol. The topological polar surface area (TPSA) is 167 Å². The monoisotopic (exact) mass is 581 g/mol. The van der Waals surface area contributed by atoms with Crippen molar-refractivity contribution < 1.29 is 58.1 Å². The van der Waals surface area contributed by atoms with Crippen LogP contribution in [0.2, 0.25) is 0 Å². The van der Waals surface area contributed by atoms with Gasteiger partial charge in [0.25, 0.3) is 0 Å². The number of aliphatic hydroxyl groups is 4. The first-order valence-electron chi connectivity index (χ1n) is 13.5. The lowest BCUT2D eigenvalue weighted by molar-refractivity contribution is -0.309. The Balaban J connectivity index is 1.26. The first-order chi connectivity index (χ1) is 19.6. The maximum atomic E-state index is 13.7. The van der Waals surface area contributed by atoms with Gasteiger partial charge in [-0.25, -0.2) is 13.6 Å². The van der Waals surface area contributed by atoms with Crippen molar-refractivity contribution in [1.82, 2.24) is 5.32 Å². The van der Waals surface area contributed by atoms with Gasteiger partial charge in [-0.3, -0.25) is 0 Å². The number of ether oxygens (including phenoxy) is 4. The van der Waals surface area contributed by atoms with E-state index in [4.69, 9.17) is 18.9 Å². The number of aliphatic carboxylic acids is 1. The Morgan fingerprint density at radius 1 is 0.902 bits per heavy atom. The summed E-state index contributed by atoms with van der Waals surface area (Å²) in [6.45, 7) is 0.0957. The van der Waals surface area contributed by atoms with Crippen LogP contribution >= 0.6 is 0 Å². The molecule has 13 heteroatoms. The maximum absolute atomic E-state index is 13.7. The van der Waals surface area contributed by atoms with E-state index < -0.39 is 66.9 Å². The van der Waals surface area contributed by atoms with E-state index in [0.717, 1.165) is 5.56 Å². The summed E-state index contributed by atoms with van der Waals surface area (Å²) in [5, 5.41) is 54.0. The van der Waals surface area contributed by atoms with Gasteiger partial charge in [-0.1, -0.05) is 0 Å². The molecule has 0 aliphatic carbocycles. The third-order valence-electron chi connectivity index (χ3n) is 7.66. The number of carbonyl (C=O) groups is 1. The summed E-state index contributed by atoms with van der Waals surface area (Å²) in [4.78, 5) is 11.5. The van der Waals surface area contributed by atoms with Crippen molar-refractivity contribution in [3.05, 3.63) is 59.2 Å². The SMILES string of the molecule is O=C(O)C1O[C@@H](OC(CNCC(O)C2CCc3cc(F)ccc3O2)C2CCc3cc(F)ccc3O2)C(O)C(O)C1O. The number of hydrogen-bond acceptors (Lipinski definition) is 10. The number of aliphatic hydroxyl groups excluding tert-OH is 4. The number of carboxylic acid groups (broad SMARTS) is 1. The molecule has 6 N–H and O–H groups in total. The fraction of sp³-hybridized carbons (Fsp3) is 0.536. The van der Waals surface area contributed by atoms with E-state index in [1.165, 1.54) is 36.4 Å². The van der Waals surface area contributed by atoms with Gasteiger partial charge in [0.15, 0.2) is 12.4 Å². The van der Waals surface area contributed by atoms with E-state index in [0.29, 0.717) is 42.7 Å². The molecule has 1 fully saturated rings. The van der Waals surface area contributed by atoms with Gasteiger partial charge in [0.2, 0.25) is 0 Å². The molecule has 0 amide bonds. The van der Waals surface area contributed by atoms with Crippen LogP contribution < -0.4 is 14.8 Å². The summed E-state index contributed by atoms with van der Waals surface area (Å²) in [6, 6.07) is 8.33. The minimum Gasteiger partial charge on any atom is -0.487 e. The van der Waals surface area contributed by atoms with Crippen LogP contribution in [0.3, 0.4) is 0 Å². The second kappa shape index (κ2) is 12.5. The number of hydrogen-bond donors (Lipinski definition) is 6. The average Bonchev–Trinajstić information content (AvgIpc) is 2.95. The molecule has 41 heavy (non-hydrogen) atoms. The Bertz CT molecular complexity index is 1230. The first-order valence-corrected chi connectivity index (χ1v) is 13.5. The molecule has 2 aromatic rings. The van der Waals surface area contributed by atoms with Gasteiger partial charge in [-0.15, -0.1) is 0 Å². The summed E-state index contributed by atoms with van der Waals surface area (Å²) in [7, 11) is 0.